The highest BCUT2D eigenvalue weighted by Crippen LogP contribution is 2.27. The van der Waals surface area contributed by atoms with Gasteiger partial charge in [-0.25, -0.2) is 13.2 Å². The normalized spacial score (nSPS) is 11.0. The van der Waals surface area contributed by atoms with Crippen LogP contribution < -0.4 is 10.0 Å². The molecule has 25 heavy (non-hydrogen) atoms. The first-order valence-electron chi connectivity index (χ1n) is 8.02. The zero-order chi connectivity index (χ0) is 18.4. The van der Waals surface area contributed by atoms with Crippen LogP contribution in [0.5, 0.6) is 0 Å². The van der Waals surface area contributed by atoms with E-state index in [1.54, 1.807) is 31.2 Å². The number of hydrogen-bond donors (Lipinski definition) is 2. The predicted octanol–water partition coefficient (Wildman–Crippen LogP) is 3.40. The molecule has 2 aromatic rings. The van der Waals surface area contributed by atoms with Crippen molar-refractivity contribution in [3.05, 3.63) is 53.6 Å². The number of anilines is 2. The summed E-state index contributed by atoms with van der Waals surface area (Å²) in [4.78, 5) is 12.1. The molecule has 0 radical (unpaired) electrons. The molecule has 0 atom stereocenters. The van der Waals surface area contributed by atoms with Gasteiger partial charge in [-0.3, -0.25) is 4.72 Å². The van der Waals surface area contributed by atoms with Crippen molar-refractivity contribution in [3.63, 3.8) is 0 Å². The van der Waals surface area contributed by atoms with Crippen LogP contribution in [0.1, 0.15) is 29.8 Å². The van der Waals surface area contributed by atoms with Crippen molar-refractivity contribution in [2.75, 3.05) is 23.2 Å². The third-order valence-corrected chi connectivity index (χ3v) is 4.81. The molecule has 0 saturated carbocycles. The van der Waals surface area contributed by atoms with Gasteiger partial charge in [0.1, 0.15) is 0 Å². The second-order valence-electron chi connectivity index (χ2n) is 5.43. The summed E-state index contributed by atoms with van der Waals surface area (Å²) in [7, 11) is -3.77. The van der Waals surface area contributed by atoms with Gasteiger partial charge in [-0.05, 0) is 56.7 Å². The minimum absolute atomic E-state index is 0.163. The van der Waals surface area contributed by atoms with Gasteiger partial charge in [0.25, 0.3) is 10.0 Å². The lowest BCUT2D eigenvalue weighted by molar-refractivity contribution is 0.0526. The van der Waals surface area contributed by atoms with Crippen molar-refractivity contribution in [3.8, 4) is 0 Å². The number of carbonyl (C=O) groups excluding carboxylic acids is 1. The quantitative estimate of drug-likeness (QED) is 0.738. The zero-order valence-electron chi connectivity index (χ0n) is 14.5. The fourth-order valence-corrected chi connectivity index (χ4v) is 3.48. The van der Waals surface area contributed by atoms with Gasteiger partial charge >= 0.3 is 5.97 Å². The maximum absolute atomic E-state index is 12.7. The lowest BCUT2D eigenvalue weighted by Gasteiger charge is -2.15. The fourth-order valence-electron chi connectivity index (χ4n) is 2.30. The van der Waals surface area contributed by atoms with E-state index < -0.39 is 16.0 Å². The van der Waals surface area contributed by atoms with Crippen LogP contribution >= 0.6 is 0 Å². The maximum Gasteiger partial charge on any atom is 0.338 e. The van der Waals surface area contributed by atoms with E-state index in [1.807, 2.05) is 19.9 Å². The van der Waals surface area contributed by atoms with Crippen molar-refractivity contribution >= 4 is 27.4 Å². The van der Waals surface area contributed by atoms with Crippen molar-refractivity contribution in [2.45, 2.75) is 25.7 Å². The second kappa shape index (κ2) is 8.02. The molecular weight excluding hydrogens is 340 g/mol. The molecule has 0 fully saturated rings. The minimum atomic E-state index is -3.77. The first-order chi connectivity index (χ1) is 11.9. The third kappa shape index (κ3) is 4.73. The summed E-state index contributed by atoms with van der Waals surface area (Å²) in [5, 5.41) is 3.08. The van der Waals surface area contributed by atoms with E-state index in [4.69, 9.17) is 4.74 Å². The van der Waals surface area contributed by atoms with Crippen molar-refractivity contribution < 1.29 is 17.9 Å². The van der Waals surface area contributed by atoms with Crippen molar-refractivity contribution in [1.29, 1.82) is 0 Å². The summed E-state index contributed by atoms with van der Waals surface area (Å²) >= 11 is 0. The molecule has 0 aliphatic heterocycles. The Hall–Kier alpha value is -2.54. The van der Waals surface area contributed by atoms with Gasteiger partial charge < -0.3 is 10.1 Å². The van der Waals surface area contributed by atoms with E-state index in [-0.39, 0.29) is 17.1 Å². The Morgan fingerprint density at radius 1 is 1.08 bits per heavy atom. The number of sulfonamides is 1. The largest absolute Gasteiger partial charge is 0.462 e. The molecule has 0 bridgehead atoms. The smallest absolute Gasteiger partial charge is 0.338 e. The molecule has 0 aliphatic rings. The van der Waals surface area contributed by atoms with Gasteiger partial charge in [-0.15, -0.1) is 0 Å². The molecule has 134 valence electrons. The van der Waals surface area contributed by atoms with E-state index in [2.05, 4.69) is 10.0 Å². The zero-order valence-corrected chi connectivity index (χ0v) is 15.3. The monoisotopic (exact) mass is 362 g/mol. The molecule has 0 saturated heterocycles. The molecule has 0 spiro atoms. The van der Waals surface area contributed by atoms with Crippen LogP contribution in [0.2, 0.25) is 0 Å². The molecule has 0 heterocycles. The van der Waals surface area contributed by atoms with Crippen LogP contribution in [0.25, 0.3) is 0 Å². The predicted molar refractivity (Wildman–Crippen MR) is 98.5 cm³/mol. The Morgan fingerprint density at radius 2 is 1.84 bits per heavy atom. The molecule has 2 rings (SSSR count). The number of carbonyl (C=O) groups is 1. The lowest BCUT2D eigenvalue weighted by Crippen LogP contribution is -2.15. The van der Waals surface area contributed by atoms with Crippen LogP contribution in [0.4, 0.5) is 11.4 Å². The van der Waals surface area contributed by atoms with Gasteiger partial charge in [0.05, 0.1) is 28.4 Å². The van der Waals surface area contributed by atoms with E-state index >= 15 is 0 Å². The topological polar surface area (TPSA) is 84.5 Å². The molecule has 6 nitrogen and oxygen atoms in total. The summed E-state index contributed by atoms with van der Waals surface area (Å²) in [6.07, 6.45) is 0. The third-order valence-electron chi connectivity index (χ3n) is 3.44. The van der Waals surface area contributed by atoms with Crippen LogP contribution in [-0.2, 0) is 14.8 Å². The van der Waals surface area contributed by atoms with E-state index in [1.165, 1.54) is 12.1 Å². The average Bonchev–Trinajstić information content (AvgIpc) is 2.56. The molecule has 2 N–H and O–H groups in total. The summed E-state index contributed by atoms with van der Waals surface area (Å²) in [5.41, 5.74) is 2.01. The summed E-state index contributed by atoms with van der Waals surface area (Å²) in [5.74, 6) is -0.499. The minimum Gasteiger partial charge on any atom is -0.462 e. The van der Waals surface area contributed by atoms with Gasteiger partial charge in [0.15, 0.2) is 0 Å². The molecule has 0 unspecified atom stereocenters. The van der Waals surface area contributed by atoms with Crippen molar-refractivity contribution in [2.24, 2.45) is 0 Å². The van der Waals surface area contributed by atoms with E-state index in [0.29, 0.717) is 17.9 Å². The number of esters is 1. The number of hydrogen-bond acceptors (Lipinski definition) is 5. The van der Waals surface area contributed by atoms with Gasteiger partial charge in [-0.2, -0.15) is 0 Å². The fraction of sp³-hybridized carbons (Fsp3) is 0.278. The molecule has 2 aromatic carbocycles. The number of aryl methyl sites for hydroxylation is 1. The maximum atomic E-state index is 12.7. The van der Waals surface area contributed by atoms with Gasteiger partial charge in [0, 0.05) is 6.54 Å². The second-order valence-corrected chi connectivity index (χ2v) is 7.12. The highest BCUT2D eigenvalue weighted by atomic mass is 32.2. The van der Waals surface area contributed by atoms with Crippen LogP contribution in [-0.4, -0.2) is 27.5 Å². The Morgan fingerprint density at radius 3 is 2.48 bits per heavy atom. The average molecular weight is 362 g/mol. The molecule has 0 amide bonds. The van der Waals surface area contributed by atoms with Gasteiger partial charge in [-0.1, -0.05) is 12.1 Å². The Balaban J connectivity index is 2.41. The SMILES string of the molecule is CCNc1ccc(C(=O)OCC)cc1NS(=O)(=O)c1cccc(C)c1. The van der Waals surface area contributed by atoms with Gasteiger partial charge in [0.2, 0.25) is 0 Å². The Labute approximate surface area is 148 Å². The standard InChI is InChI=1S/C18H22N2O4S/c1-4-19-16-10-9-14(18(21)24-5-2)12-17(16)20-25(22,23)15-8-6-7-13(3)11-15/h6-12,19-20H,4-5H2,1-3H3. The molecular formula is C18H22N2O4S. The highest BCUT2D eigenvalue weighted by molar-refractivity contribution is 7.92. The Kier molecular flexibility index (Phi) is 6.03. The Bertz CT molecular complexity index is 863. The molecule has 0 aliphatic carbocycles. The van der Waals surface area contributed by atoms with Crippen LogP contribution in [0.15, 0.2) is 47.4 Å². The number of nitrogens with one attached hydrogen (secondary N) is 2. The summed E-state index contributed by atoms with van der Waals surface area (Å²) in [6.45, 7) is 6.30. The summed E-state index contributed by atoms with van der Waals surface area (Å²) < 4.78 is 32.9. The number of rotatable bonds is 7. The first kappa shape index (κ1) is 18.8. The van der Waals surface area contributed by atoms with E-state index in [9.17, 15) is 13.2 Å². The number of ether oxygens (including phenoxy) is 1. The molecule has 7 heteroatoms. The highest BCUT2D eigenvalue weighted by Gasteiger charge is 2.18. The van der Waals surface area contributed by atoms with Crippen LogP contribution in [0.3, 0.4) is 0 Å². The number of benzene rings is 2. The van der Waals surface area contributed by atoms with E-state index in [0.717, 1.165) is 5.56 Å². The van der Waals surface area contributed by atoms with Crippen molar-refractivity contribution in [1.82, 2.24) is 0 Å². The lowest BCUT2D eigenvalue weighted by atomic mass is 10.1. The summed E-state index contributed by atoms with van der Waals surface area (Å²) in [6, 6.07) is 11.4. The van der Waals surface area contributed by atoms with Crippen LogP contribution in [0, 0.1) is 6.92 Å². The first-order valence-corrected chi connectivity index (χ1v) is 9.50. The molecule has 0 aromatic heterocycles.